The molecule has 4 nitrogen and oxygen atoms in total. The van der Waals surface area contributed by atoms with Crippen molar-refractivity contribution in [2.75, 3.05) is 12.5 Å². The number of methoxy groups -OCH3 is 1. The third-order valence-corrected chi connectivity index (χ3v) is 4.71. The minimum Gasteiger partial charge on any atom is -0.496 e. The average molecular weight is 339 g/mol. The third kappa shape index (κ3) is 3.92. The molecule has 3 rings (SSSR count). The van der Waals surface area contributed by atoms with Gasteiger partial charge in [-0.3, -0.25) is 5.43 Å². The van der Waals surface area contributed by atoms with Gasteiger partial charge in [0.15, 0.2) is 0 Å². The summed E-state index contributed by atoms with van der Waals surface area (Å²) < 4.78 is 6.57. The minimum absolute atomic E-state index is 0.786. The van der Waals surface area contributed by atoms with Gasteiger partial charge in [-0.05, 0) is 42.7 Å². The van der Waals surface area contributed by atoms with Crippen LogP contribution in [-0.2, 0) is 6.42 Å². The van der Waals surface area contributed by atoms with Crippen molar-refractivity contribution >= 4 is 32.9 Å². The van der Waals surface area contributed by atoms with Crippen molar-refractivity contribution in [3.05, 3.63) is 53.6 Å². The van der Waals surface area contributed by atoms with Gasteiger partial charge < -0.3 is 4.74 Å². The van der Waals surface area contributed by atoms with E-state index in [0.29, 0.717) is 0 Å². The Morgan fingerprint density at radius 1 is 1.25 bits per heavy atom. The van der Waals surface area contributed by atoms with E-state index in [-0.39, 0.29) is 0 Å². The quantitative estimate of drug-likeness (QED) is 0.481. The molecule has 1 aromatic heterocycles. The van der Waals surface area contributed by atoms with Gasteiger partial charge in [0.05, 0.1) is 23.5 Å². The largest absolute Gasteiger partial charge is 0.496 e. The highest BCUT2D eigenvalue weighted by Crippen LogP contribution is 2.25. The molecule has 0 saturated carbocycles. The summed E-state index contributed by atoms with van der Waals surface area (Å²) in [6.07, 6.45) is 5.24. The summed E-state index contributed by atoms with van der Waals surface area (Å²) >= 11 is 1.59. The predicted molar refractivity (Wildman–Crippen MR) is 102 cm³/mol. The maximum atomic E-state index is 5.42. The van der Waals surface area contributed by atoms with Crippen LogP contribution in [0, 0.1) is 0 Å². The fourth-order valence-electron chi connectivity index (χ4n) is 2.50. The van der Waals surface area contributed by atoms with Gasteiger partial charge in [0, 0.05) is 5.56 Å². The molecule has 124 valence electrons. The van der Waals surface area contributed by atoms with Crippen LogP contribution in [0.1, 0.15) is 30.9 Å². The predicted octanol–water partition coefficient (Wildman–Crippen LogP) is 5.09. The summed E-state index contributed by atoms with van der Waals surface area (Å²) in [4.78, 5) is 4.51. The molecule has 0 bridgehead atoms. The Balaban J connectivity index is 1.74. The van der Waals surface area contributed by atoms with E-state index in [1.807, 2.05) is 24.3 Å². The van der Waals surface area contributed by atoms with Crippen LogP contribution in [0.4, 0.5) is 5.13 Å². The summed E-state index contributed by atoms with van der Waals surface area (Å²) in [6, 6.07) is 14.3. The number of nitrogens with zero attached hydrogens (tertiary/aromatic N) is 2. The average Bonchev–Trinajstić information content (AvgIpc) is 3.03. The Labute approximate surface area is 146 Å². The molecular formula is C19H21N3OS. The van der Waals surface area contributed by atoms with Gasteiger partial charge in [-0.15, -0.1) is 0 Å². The van der Waals surface area contributed by atoms with Crippen LogP contribution >= 0.6 is 11.3 Å². The van der Waals surface area contributed by atoms with E-state index in [4.69, 9.17) is 4.74 Å². The number of aromatic nitrogens is 1. The number of para-hydroxylation sites is 1. The number of ether oxygens (including phenoxy) is 1. The van der Waals surface area contributed by atoms with Crippen LogP contribution in [0.5, 0.6) is 5.75 Å². The summed E-state index contributed by atoms with van der Waals surface area (Å²) in [5.41, 5.74) is 6.28. The summed E-state index contributed by atoms with van der Waals surface area (Å²) in [5, 5.41) is 5.12. The molecule has 3 aromatic rings. The molecule has 0 spiro atoms. The summed E-state index contributed by atoms with van der Waals surface area (Å²) in [6.45, 7) is 2.20. The molecule has 0 aliphatic carbocycles. The zero-order valence-electron chi connectivity index (χ0n) is 14.0. The van der Waals surface area contributed by atoms with Gasteiger partial charge in [-0.25, -0.2) is 4.98 Å². The first-order valence-corrected chi connectivity index (χ1v) is 8.93. The van der Waals surface area contributed by atoms with Crippen LogP contribution in [0.25, 0.3) is 10.2 Å². The first-order valence-electron chi connectivity index (χ1n) is 8.11. The molecule has 0 radical (unpaired) electrons. The molecule has 0 saturated heterocycles. The van der Waals surface area contributed by atoms with Crippen LogP contribution in [0.3, 0.4) is 0 Å². The van der Waals surface area contributed by atoms with Gasteiger partial charge in [-0.1, -0.05) is 42.9 Å². The van der Waals surface area contributed by atoms with Crippen molar-refractivity contribution in [2.24, 2.45) is 5.10 Å². The summed E-state index contributed by atoms with van der Waals surface area (Å²) in [7, 11) is 1.68. The highest BCUT2D eigenvalue weighted by Gasteiger charge is 2.04. The molecule has 1 heterocycles. The number of thiazole rings is 1. The standard InChI is InChI=1S/C19H21N3OS/c1-3-4-7-14-10-11-17(23-2)15(12-14)13-20-22-19-21-16-8-5-6-9-18(16)24-19/h5-6,8-13H,3-4,7H2,1-2H3,(H,21,22)/b20-13+. The number of hydrazone groups is 1. The number of benzene rings is 2. The topological polar surface area (TPSA) is 46.5 Å². The van der Waals surface area contributed by atoms with E-state index in [1.54, 1.807) is 24.7 Å². The molecule has 0 fully saturated rings. The van der Waals surface area contributed by atoms with Crippen molar-refractivity contribution in [2.45, 2.75) is 26.2 Å². The second-order valence-electron chi connectivity index (χ2n) is 5.54. The Bertz CT molecular complexity index is 808. The molecule has 5 heteroatoms. The molecule has 0 aliphatic heterocycles. The number of rotatable bonds is 7. The number of hydrogen-bond donors (Lipinski definition) is 1. The second-order valence-corrected chi connectivity index (χ2v) is 6.57. The van der Waals surface area contributed by atoms with E-state index < -0.39 is 0 Å². The first kappa shape index (κ1) is 16.5. The van der Waals surface area contributed by atoms with Crippen molar-refractivity contribution in [3.8, 4) is 5.75 Å². The first-order chi connectivity index (χ1) is 11.8. The van der Waals surface area contributed by atoms with Crippen molar-refractivity contribution in [1.82, 2.24) is 4.98 Å². The van der Waals surface area contributed by atoms with Gasteiger partial charge in [0.2, 0.25) is 5.13 Å². The molecule has 0 atom stereocenters. The van der Waals surface area contributed by atoms with Crippen LogP contribution in [0.15, 0.2) is 47.6 Å². The lowest BCUT2D eigenvalue weighted by atomic mass is 10.1. The molecule has 0 unspecified atom stereocenters. The molecular weight excluding hydrogens is 318 g/mol. The van der Waals surface area contributed by atoms with Crippen LogP contribution in [-0.4, -0.2) is 18.3 Å². The Kier molecular flexibility index (Phi) is 5.43. The molecule has 2 aromatic carbocycles. The minimum atomic E-state index is 0.786. The molecule has 0 aliphatic rings. The Morgan fingerprint density at radius 3 is 2.92 bits per heavy atom. The normalized spacial score (nSPS) is 11.2. The summed E-state index contributed by atoms with van der Waals surface area (Å²) in [5.74, 6) is 0.824. The monoisotopic (exact) mass is 339 g/mol. The van der Waals surface area contributed by atoms with E-state index in [9.17, 15) is 0 Å². The maximum absolute atomic E-state index is 5.42. The second kappa shape index (κ2) is 7.93. The SMILES string of the molecule is CCCCc1ccc(OC)c(/C=N/Nc2nc3ccccc3s2)c1. The highest BCUT2D eigenvalue weighted by atomic mass is 32.1. The lowest BCUT2D eigenvalue weighted by Crippen LogP contribution is -1.96. The highest BCUT2D eigenvalue weighted by molar-refractivity contribution is 7.22. The van der Waals surface area contributed by atoms with Gasteiger partial charge in [0.1, 0.15) is 5.75 Å². The van der Waals surface area contributed by atoms with Gasteiger partial charge in [-0.2, -0.15) is 5.10 Å². The third-order valence-electron chi connectivity index (χ3n) is 3.77. The lowest BCUT2D eigenvalue weighted by Gasteiger charge is -2.07. The zero-order valence-corrected chi connectivity index (χ0v) is 14.8. The number of anilines is 1. The number of fused-ring (bicyclic) bond motifs is 1. The van der Waals surface area contributed by atoms with Crippen molar-refractivity contribution < 1.29 is 4.74 Å². The Hall–Kier alpha value is -2.40. The van der Waals surface area contributed by atoms with Crippen LogP contribution in [0.2, 0.25) is 0 Å². The van der Waals surface area contributed by atoms with E-state index in [1.165, 1.54) is 18.4 Å². The number of unbranched alkanes of at least 4 members (excludes halogenated alkanes) is 1. The molecule has 0 amide bonds. The molecule has 1 N–H and O–H groups in total. The fourth-order valence-corrected chi connectivity index (χ4v) is 3.31. The number of nitrogens with one attached hydrogen (secondary N) is 1. The van der Waals surface area contributed by atoms with E-state index >= 15 is 0 Å². The van der Waals surface area contributed by atoms with Gasteiger partial charge in [0.25, 0.3) is 0 Å². The van der Waals surface area contributed by atoms with E-state index in [0.717, 1.165) is 33.1 Å². The van der Waals surface area contributed by atoms with Crippen molar-refractivity contribution in [1.29, 1.82) is 0 Å². The smallest absolute Gasteiger partial charge is 0.204 e. The van der Waals surface area contributed by atoms with E-state index in [2.05, 4.69) is 40.6 Å². The lowest BCUT2D eigenvalue weighted by molar-refractivity contribution is 0.414. The van der Waals surface area contributed by atoms with Gasteiger partial charge >= 0.3 is 0 Å². The van der Waals surface area contributed by atoms with Crippen LogP contribution < -0.4 is 10.2 Å². The fraction of sp³-hybridized carbons (Fsp3) is 0.263. The zero-order chi connectivity index (χ0) is 16.8. The molecule has 24 heavy (non-hydrogen) atoms. The van der Waals surface area contributed by atoms with Crippen molar-refractivity contribution in [3.63, 3.8) is 0 Å². The Morgan fingerprint density at radius 2 is 2.12 bits per heavy atom. The maximum Gasteiger partial charge on any atom is 0.204 e. The number of hydrogen-bond acceptors (Lipinski definition) is 5. The number of aryl methyl sites for hydroxylation is 1.